The minimum atomic E-state index is -0.373. The maximum Gasteiger partial charge on any atom is 0.356 e. The average molecular weight is 286 g/mol. The smallest absolute Gasteiger partial charge is 0.356 e. The van der Waals surface area contributed by atoms with Crippen LogP contribution in [-0.2, 0) is 17.7 Å². The van der Waals surface area contributed by atoms with Crippen molar-refractivity contribution in [3.8, 4) is 5.75 Å². The quantitative estimate of drug-likeness (QED) is 0.812. The first-order chi connectivity index (χ1) is 10.1. The first-order valence-corrected chi connectivity index (χ1v) is 6.95. The summed E-state index contributed by atoms with van der Waals surface area (Å²) in [5.41, 5.74) is 2.91. The van der Waals surface area contributed by atoms with Gasteiger partial charge in [0.1, 0.15) is 23.4 Å². The van der Waals surface area contributed by atoms with Crippen LogP contribution in [0.4, 0.5) is 0 Å². The Bertz CT molecular complexity index is 691. The summed E-state index contributed by atoms with van der Waals surface area (Å²) in [5.74, 6) is 1.34. The average Bonchev–Trinajstić information content (AvgIpc) is 3.02. The molecule has 1 unspecified atom stereocenters. The van der Waals surface area contributed by atoms with E-state index in [-0.39, 0.29) is 12.1 Å². The molecule has 0 N–H and O–H groups in total. The molecule has 0 bridgehead atoms. The van der Waals surface area contributed by atoms with Gasteiger partial charge in [-0.25, -0.2) is 9.78 Å². The standard InChI is InChI=1S/C16H18N2O3/c1-10-4-5-15-12(6-10)7-13(21-15)9-18-11(2)17-8-14(18)16(19)20-3/h4-6,8,13H,7,9H2,1-3H3. The second-order valence-electron chi connectivity index (χ2n) is 5.35. The molecule has 2 heterocycles. The Balaban J connectivity index is 1.80. The molecule has 0 saturated carbocycles. The Morgan fingerprint density at radius 2 is 2.29 bits per heavy atom. The van der Waals surface area contributed by atoms with Gasteiger partial charge in [0.15, 0.2) is 0 Å². The lowest BCUT2D eigenvalue weighted by Crippen LogP contribution is -2.24. The zero-order valence-corrected chi connectivity index (χ0v) is 12.4. The summed E-state index contributed by atoms with van der Waals surface area (Å²) >= 11 is 0. The Morgan fingerprint density at radius 3 is 3.05 bits per heavy atom. The molecule has 0 saturated heterocycles. The van der Waals surface area contributed by atoms with Crippen molar-refractivity contribution in [1.29, 1.82) is 0 Å². The molecule has 0 spiro atoms. The van der Waals surface area contributed by atoms with Crippen LogP contribution in [0.15, 0.2) is 24.4 Å². The van der Waals surface area contributed by atoms with Crippen LogP contribution in [0.25, 0.3) is 0 Å². The van der Waals surface area contributed by atoms with Crippen molar-refractivity contribution in [2.45, 2.75) is 32.9 Å². The summed E-state index contributed by atoms with van der Waals surface area (Å²) in [5, 5.41) is 0. The fourth-order valence-electron chi connectivity index (χ4n) is 2.72. The van der Waals surface area contributed by atoms with Crippen molar-refractivity contribution in [3.63, 3.8) is 0 Å². The van der Waals surface area contributed by atoms with Crippen molar-refractivity contribution in [2.75, 3.05) is 7.11 Å². The van der Waals surface area contributed by atoms with Crippen LogP contribution in [0.3, 0.4) is 0 Å². The third-order valence-electron chi connectivity index (χ3n) is 3.79. The summed E-state index contributed by atoms with van der Waals surface area (Å²) in [6.07, 6.45) is 2.40. The highest BCUT2D eigenvalue weighted by atomic mass is 16.5. The number of rotatable bonds is 3. The lowest BCUT2D eigenvalue weighted by atomic mass is 10.1. The zero-order chi connectivity index (χ0) is 15.0. The molecule has 5 heteroatoms. The summed E-state index contributed by atoms with van der Waals surface area (Å²) in [4.78, 5) is 16.0. The molecule has 21 heavy (non-hydrogen) atoms. The molecule has 0 aliphatic carbocycles. The van der Waals surface area contributed by atoms with Gasteiger partial charge in [0.25, 0.3) is 0 Å². The first-order valence-electron chi connectivity index (χ1n) is 6.95. The molecule has 1 atom stereocenters. The van der Waals surface area contributed by atoms with E-state index in [1.807, 2.05) is 23.6 Å². The number of fused-ring (bicyclic) bond motifs is 1. The van der Waals surface area contributed by atoms with Crippen LogP contribution in [0.5, 0.6) is 5.75 Å². The Kier molecular flexibility index (Phi) is 3.41. The maximum absolute atomic E-state index is 11.8. The van der Waals surface area contributed by atoms with E-state index >= 15 is 0 Å². The molecule has 1 aromatic carbocycles. The second-order valence-corrected chi connectivity index (χ2v) is 5.35. The van der Waals surface area contributed by atoms with Crippen molar-refractivity contribution in [1.82, 2.24) is 9.55 Å². The van der Waals surface area contributed by atoms with E-state index in [1.165, 1.54) is 18.2 Å². The van der Waals surface area contributed by atoms with Crippen molar-refractivity contribution in [3.05, 3.63) is 47.0 Å². The summed E-state index contributed by atoms with van der Waals surface area (Å²) in [7, 11) is 1.37. The molecule has 0 fully saturated rings. The van der Waals surface area contributed by atoms with E-state index in [0.717, 1.165) is 18.0 Å². The second kappa shape index (κ2) is 5.24. The monoisotopic (exact) mass is 286 g/mol. The molecular formula is C16H18N2O3. The van der Waals surface area contributed by atoms with Gasteiger partial charge < -0.3 is 14.0 Å². The van der Waals surface area contributed by atoms with Gasteiger partial charge in [-0.2, -0.15) is 0 Å². The van der Waals surface area contributed by atoms with E-state index in [4.69, 9.17) is 9.47 Å². The van der Waals surface area contributed by atoms with Gasteiger partial charge in [0, 0.05) is 6.42 Å². The Hall–Kier alpha value is -2.30. The number of benzene rings is 1. The SMILES string of the molecule is COC(=O)c1cnc(C)n1CC1Cc2cc(C)ccc2O1. The minimum absolute atomic E-state index is 0.0121. The van der Waals surface area contributed by atoms with Gasteiger partial charge in [-0.15, -0.1) is 0 Å². The number of hydrogen-bond donors (Lipinski definition) is 0. The highest BCUT2D eigenvalue weighted by molar-refractivity contribution is 5.87. The number of hydrogen-bond acceptors (Lipinski definition) is 4. The summed E-state index contributed by atoms with van der Waals surface area (Å²) < 4.78 is 12.6. The van der Waals surface area contributed by atoms with Gasteiger partial charge in [-0.1, -0.05) is 17.7 Å². The van der Waals surface area contributed by atoms with Crippen LogP contribution >= 0.6 is 0 Å². The molecule has 1 aliphatic heterocycles. The van der Waals surface area contributed by atoms with Crippen LogP contribution in [0.1, 0.15) is 27.4 Å². The molecule has 0 radical (unpaired) electrons. The van der Waals surface area contributed by atoms with Crippen molar-refractivity contribution >= 4 is 5.97 Å². The van der Waals surface area contributed by atoms with Crippen LogP contribution in [0.2, 0.25) is 0 Å². The molecular weight excluding hydrogens is 268 g/mol. The minimum Gasteiger partial charge on any atom is -0.488 e. The number of carbonyl (C=O) groups is 1. The van der Waals surface area contributed by atoms with E-state index in [9.17, 15) is 4.79 Å². The number of ether oxygens (including phenoxy) is 2. The number of imidazole rings is 1. The first kappa shape index (κ1) is 13.7. The number of nitrogens with zero attached hydrogens (tertiary/aromatic N) is 2. The van der Waals surface area contributed by atoms with E-state index in [1.54, 1.807) is 6.20 Å². The molecule has 1 aromatic heterocycles. The number of methoxy groups -OCH3 is 1. The lowest BCUT2D eigenvalue weighted by Gasteiger charge is -2.14. The van der Waals surface area contributed by atoms with Crippen molar-refractivity contribution in [2.24, 2.45) is 0 Å². The van der Waals surface area contributed by atoms with Gasteiger partial charge in [0.05, 0.1) is 19.9 Å². The maximum atomic E-state index is 11.8. The molecule has 5 nitrogen and oxygen atoms in total. The Morgan fingerprint density at radius 1 is 1.48 bits per heavy atom. The Labute approximate surface area is 123 Å². The van der Waals surface area contributed by atoms with E-state index in [0.29, 0.717) is 12.2 Å². The summed E-state index contributed by atoms with van der Waals surface area (Å²) in [6, 6.07) is 6.20. The topological polar surface area (TPSA) is 53.3 Å². The highest BCUT2D eigenvalue weighted by Crippen LogP contribution is 2.30. The third-order valence-corrected chi connectivity index (χ3v) is 3.79. The molecule has 0 amide bonds. The fraction of sp³-hybridized carbons (Fsp3) is 0.375. The van der Waals surface area contributed by atoms with Crippen LogP contribution in [-0.4, -0.2) is 28.7 Å². The van der Waals surface area contributed by atoms with Gasteiger partial charge in [0.2, 0.25) is 0 Å². The largest absolute Gasteiger partial charge is 0.488 e. The van der Waals surface area contributed by atoms with Gasteiger partial charge in [-0.05, 0) is 25.5 Å². The molecule has 1 aliphatic rings. The normalized spacial score (nSPS) is 16.4. The molecule has 2 aromatic rings. The number of esters is 1. The number of aryl methyl sites for hydroxylation is 2. The highest BCUT2D eigenvalue weighted by Gasteiger charge is 2.25. The predicted molar refractivity (Wildman–Crippen MR) is 77.6 cm³/mol. The van der Waals surface area contributed by atoms with Crippen LogP contribution in [0, 0.1) is 13.8 Å². The molecule has 3 rings (SSSR count). The van der Waals surface area contributed by atoms with Crippen molar-refractivity contribution < 1.29 is 14.3 Å². The summed E-state index contributed by atoms with van der Waals surface area (Å²) in [6.45, 7) is 4.53. The van der Waals surface area contributed by atoms with E-state index < -0.39 is 0 Å². The zero-order valence-electron chi connectivity index (χ0n) is 12.4. The number of aromatic nitrogens is 2. The predicted octanol–water partition coefficient (Wildman–Crippen LogP) is 2.29. The lowest BCUT2D eigenvalue weighted by molar-refractivity contribution is 0.0585. The third kappa shape index (κ3) is 2.51. The van der Waals surface area contributed by atoms with Crippen LogP contribution < -0.4 is 4.74 Å². The van der Waals surface area contributed by atoms with Gasteiger partial charge >= 0.3 is 5.97 Å². The van der Waals surface area contributed by atoms with Gasteiger partial charge in [-0.3, -0.25) is 0 Å². The molecule has 110 valence electrons. The fourth-order valence-corrected chi connectivity index (χ4v) is 2.72. The van der Waals surface area contributed by atoms with E-state index in [2.05, 4.69) is 18.0 Å². The number of carbonyl (C=O) groups excluding carboxylic acids is 1.